The van der Waals surface area contributed by atoms with Gasteiger partial charge < -0.3 is 15.4 Å². The summed E-state index contributed by atoms with van der Waals surface area (Å²) in [5.41, 5.74) is 2.48. The van der Waals surface area contributed by atoms with Crippen molar-refractivity contribution in [2.45, 2.75) is 45.4 Å². The zero-order valence-corrected chi connectivity index (χ0v) is 17.9. The van der Waals surface area contributed by atoms with E-state index in [1.807, 2.05) is 19.2 Å². The Kier molecular flexibility index (Phi) is 8.58. The summed E-state index contributed by atoms with van der Waals surface area (Å²) in [7, 11) is 3.50. The molecule has 0 fully saturated rings. The molecule has 2 aromatic rings. The van der Waals surface area contributed by atoms with Crippen LogP contribution in [-0.4, -0.2) is 38.2 Å². The summed E-state index contributed by atoms with van der Waals surface area (Å²) in [5, 5.41) is 10.1. The van der Waals surface area contributed by atoms with Gasteiger partial charge in [0.05, 0.1) is 17.8 Å². The number of guanidine groups is 1. The molecule has 0 saturated carbocycles. The lowest BCUT2D eigenvalue weighted by Crippen LogP contribution is -2.39. The van der Waals surface area contributed by atoms with Crippen molar-refractivity contribution in [3.8, 4) is 5.75 Å². The molecule has 0 aliphatic heterocycles. The van der Waals surface area contributed by atoms with E-state index in [9.17, 15) is 0 Å². The average Bonchev–Trinajstić information content (AvgIpc) is 3.16. The summed E-state index contributed by atoms with van der Waals surface area (Å²) < 4.78 is 5.22. The van der Waals surface area contributed by atoms with Crippen LogP contribution in [0.4, 0.5) is 0 Å². The topological polar surface area (TPSA) is 58.5 Å². The van der Waals surface area contributed by atoms with Gasteiger partial charge in [0.2, 0.25) is 0 Å². The van der Waals surface area contributed by atoms with E-state index in [1.165, 1.54) is 10.6 Å². The van der Waals surface area contributed by atoms with Crippen LogP contribution < -0.4 is 15.4 Å². The van der Waals surface area contributed by atoms with Gasteiger partial charge in [-0.3, -0.25) is 4.99 Å². The fourth-order valence-corrected chi connectivity index (χ4v) is 3.61. The monoisotopic (exact) mass is 388 g/mol. The van der Waals surface area contributed by atoms with Crippen LogP contribution in [0.1, 0.15) is 55.3 Å². The second-order valence-electron chi connectivity index (χ2n) is 6.97. The van der Waals surface area contributed by atoms with Crippen LogP contribution in [0.5, 0.6) is 5.75 Å². The molecule has 1 unspecified atom stereocenters. The maximum atomic E-state index is 5.22. The molecule has 0 amide bonds. The van der Waals surface area contributed by atoms with Crippen molar-refractivity contribution in [2.75, 3.05) is 27.2 Å². The van der Waals surface area contributed by atoms with Crippen LogP contribution >= 0.6 is 11.3 Å². The van der Waals surface area contributed by atoms with Crippen molar-refractivity contribution in [3.63, 3.8) is 0 Å². The molecule has 0 aliphatic carbocycles. The minimum Gasteiger partial charge on any atom is -0.497 e. The molecule has 2 N–H and O–H groups in total. The van der Waals surface area contributed by atoms with E-state index in [2.05, 4.69) is 58.9 Å². The number of thiazole rings is 1. The third kappa shape index (κ3) is 6.86. The SMILES string of the molecule is CN=C(NCCc1csc(C(C)C)n1)NCCC(C)c1ccc(OC)cc1. The van der Waals surface area contributed by atoms with Crippen molar-refractivity contribution >= 4 is 17.3 Å². The number of hydrogen-bond acceptors (Lipinski definition) is 4. The summed E-state index contributed by atoms with van der Waals surface area (Å²) in [4.78, 5) is 8.98. The lowest BCUT2D eigenvalue weighted by Gasteiger charge is -2.15. The Bertz CT molecular complexity index is 709. The minimum absolute atomic E-state index is 0.478. The van der Waals surface area contributed by atoms with E-state index < -0.39 is 0 Å². The van der Waals surface area contributed by atoms with Crippen LogP contribution in [0.25, 0.3) is 0 Å². The molecule has 0 bridgehead atoms. The number of rotatable bonds is 9. The molecule has 2 rings (SSSR count). The maximum Gasteiger partial charge on any atom is 0.190 e. The molecular weight excluding hydrogens is 356 g/mol. The van der Waals surface area contributed by atoms with Gasteiger partial charge in [-0.05, 0) is 30.0 Å². The molecule has 148 valence electrons. The smallest absolute Gasteiger partial charge is 0.190 e. The van der Waals surface area contributed by atoms with Crippen LogP contribution in [-0.2, 0) is 6.42 Å². The van der Waals surface area contributed by atoms with Gasteiger partial charge in [-0.1, -0.05) is 32.9 Å². The number of nitrogens with one attached hydrogen (secondary N) is 2. The quantitative estimate of drug-likeness (QED) is 0.500. The molecule has 0 radical (unpaired) electrons. The molecule has 1 aromatic carbocycles. The lowest BCUT2D eigenvalue weighted by atomic mass is 9.98. The Labute approximate surface area is 167 Å². The number of benzene rings is 1. The highest BCUT2D eigenvalue weighted by Gasteiger charge is 2.08. The second kappa shape index (κ2) is 10.9. The first-order valence-corrected chi connectivity index (χ1v) is 10.4. The number of methoxy groups -OCH3 is 1. The second-order valence-corrected chi connectivity index (χ2v) is 7.86. The Balaban J connectivity index is 1.69. The fourth-order valence-electron chi connectivity index (χ4n) is 2.74. The number of hydrogen-bond donors (Lipinski definition) is 2. The summed E-state index contributed by atoms with van der Waals surface area (Å²) >= 11 is 1.75. The summed E-state index contributed by atoms with van der Waals surface area (Å²) in [6, 6.07) is 8.30. The summed E-state index contributed by atoms with van der Waals surface area (Å²) in [5.74, 6) is 2.72. The molecule has 1 atom stereocenters. The van der Waals surface area contributed by atoms with Gasteiger partial charge in [0.1, 0.15) is 5.75 Å². The van der Waals surface area contributed by atoms with Gasteiger partial charge in [-0.2, -0.15) is 0 Å². The minimum atomic E-state index is 0.478. The van der Waals surface area contributed by atoms with E-state index in [-0.39, 0.29) is 0 Å². The van der Waals surface area contributed by atoms with E-state index >= 15 is 0 Å². The fraction of sp³-hybridized carbons (Fsp3) is 0.524. The Morgan fingerprint density at radius 3 is 2.44 bits per heavy atom. The van der Waals surface area contributed by atoms with E-state index in [0.717, 1.165) is 43.3 Å². The highest BCUT2D eigenvalue weighted by molar-refractivity contribution is 7.09. The van der Waals surface area contributed by atoms with Gasteiger partial charge in [0, 0.05) is 37.9 Å². The number of nitrogens with zero attached hydrogens (tertiary/aromatic N) is 2. The van der Waals surface area contributed by atoms with E-state index in [1.54, 1.807) is 18.4 Å². The Morgan fingerprint density at radius 2 is 1.85 bits per heavy atom. The van der Waals surface area contributed by atoms with Gasteiger partial charge in [-0.25, -0.2) is 4.98 Å². The first-order chi connectivity index (χ1) is 13.0. The van der Waals surface area contributed by atoms with Crippen LogP contribution in [0.3, 0.4) is 0 Å². The largest absolute Gasteiger partial charge is 0.497 e. The zero-order valence-electron chi connectivity index (χ0n) is 17.1. The molecule has 0 spiro atoms. The van der Waals surface area contributed by atoms with Crippen molar-refractivity contribution < 1.29 is 4.74 Å². The van der Waals surface area contributed by atoms with Gasteiger partial charge in [-0.15, -0.1) is 11.3 Å². The number of ether oxygens (including phenoxy) is 1. The van der Waals surface area contributed by atoms with Crippen molar-refractivity contribution in [1.29, 1.82) is 0 Å². The highest BCUT2D eigenvalue weighted by atomic mass is 32.1. The van der Waals surface area contributed by atoms with E-state index in [4.69, 9.17) is 4.74 Å². The summed E-state index contributed by atoms with van der Waals surface area (Å²) in [6.45, 7) is 8.31. The molecule has 6 heteroatoms. The van der Waals surface area contributed by atoms with Gasteiger partial charge in [0.15, 0.2) is 5.96 Å². The van der Waals surface area contributed by atoms with Crippen LogP contribution in [0, 0.1) is 0 Å². The van der Waals surface area contributed by atoms with Crippen LogP contribution in [0.15, 0.2) is 34.6 Å². The first-order valence-electron chi connectivity index (χ1n) is 9.56. The van der Waals surface area contributed by atoms with Crippen LogP contribution in [0.2, 0.25) is 0 Å². The number of aliphatic imine (C=N–C) groups is 1. The lowest BCUT2D eigenvalue weighted by molar-refractivity contribution is 0.414. The average molecular weight is 389 g/mol. The third-order valence-electron chi connectivity index (χ3n) is 4.52. The van der Waals surface area contributed by atoms with Crippen molar-refractivity contribution in [3.05, 3.63) is 45.9 Å². The molecule has 27 heavy (non-hydrogen) atoms. The Hall–Kier alpha value is -2.08. The molecular formula is C21H32N4OS. The molecule has 5 nitrogen and oxygen atoms in total. The van der Waals surface area contributed by atoms with E-state index in [0.29, 0.717) is 11.8 Å². The first kappa shape index (κ1) is 21.2. The number of aromatic nitrogens is 1. The molecule has 0 aliphatic rings. The maximum absolute atomic E-state index is 5.22. The predicted molar refractivity (Wildman–Crippen MR) is 115 cm³/mol. The van der Waals surface area contributed by atoms with Crippen molar-refractivity contribution in [1.82, 2.24) is 15.6 Å². The predicted octanol–water partition coefficient (Wildman–Crippen LogP) is 4.18. The zero-order chi connectivity index (χ0) is 19.6. The molecule has 1 heterocycles. The summed E-state index contributed by atoms with van der Waals surface area (Å²) in [6.07, 6.45) is 1.95. The van der Waals surface area contributed by atoms with Gasteiger partial charge in [0.25, 0.3) is 0 Å². The highest BCUT2D eigenvalue weighted by Crippen LogP contribution is 2.21. The molecule has 0 saturated heterocycles. The standard InChI is InChI=1S/C21H32N4OS/c1-15(2)20-25-18(14-27-20)11-13-24-21(22-4)23-12-10-16(3)17-6-8-19(26-5)9-7-17/h6-9,14-16H,10-13H2,1-5H3,(H2,22,23,24). The molecule has 1 aromatic heterocycles. The van der Waals surface area contributed by atoms with Gasteiger partial charge >= 0.3 is 0 Å². The van der Waals surface area contributed by atoms with Crippen molar-refractivity contribution in [2.24, 2.45) is 4.99 Å². The normalized spacial score (nSPS) is 12.9. The third-order valence-corrected chi connectivity index (χ3v) is 5.71. The Morgan fingerprint density at radius 1 is 1.15 bits per heavy atom.